The van der Waals surface area contributed by atoms with Crippen LogP contribution in [0.1, 0.15) is 132 Å². The molecule has 362 valence electrons. The van der Waals surface area contributed by atoms with E-state index in [-0.39, 0.29) is 153 Å². The molecule has 5 heterocycles. The van der Waals surface area contributed by atoms with Crippen molar-refractivity contribution >= 4 is 141 Å². The molecule has 0 fully saturated rings. The van der Waals surface area contributed by atoms with Crippen molar-refractivity contribution in [1.82, 2.24) is 49.8 Å². The Morgan fingerprint density at radius 3 is 1.30 bits per heavy atom. The Labute approximate surface area is 577 Å². The van der Waals surface area contributed by atoms with Gasteiger partial charge in [0.2, 0.25) is 10.6 Å². The normalized spacial score (nSPS) is 7.98. The van der Waals surface area contributed by atoms with E-state index in [2.05, 4.69) is 202 Å². The first-order valence-electron chi connectivity index (χ1n) is 18.6. The van der Waals surface area contributed by atoms with Crippen LogP contribution in [0.5, 0.6) is 0 Å². The second-order valence-corrected chi connectivity index (χ2v) is 10.6. The number of hydrogen-bond acceptors (Lipinski definition) is 10. The van der Waals surface area contributed by atoms with Crippen LogP contribution in [0.2, 0.25) is 10.6 Å². The Morgan fingerprint density at radius 1 is 0.556 bits per heavy atom. The molecule has 0 saturated carbocycles. The number of hydrogen-bond donors (Lipinski definition) is 0. The second kappa shape index (κ2) is 75.8. The number of aromatic nitrogens is 10. The molecule has 0 saturated heterocycles. The van der Waals surface area contributed by atoms with Crippen LogP contribution in [-0.4, -0.2) is 49.8 Å². The maximum Gasteiger partial charge on any atom is 1.00 e. The Balaban J connectivity index is -0.0000000506. The van der Waals surface area contributed by atoms with Crippen LogP contribution < -0.4 is 29.6 Å². The molecule has 22 heteroatoms. The van der Waals surface area contributed by atoms with Crippen LogP contribution in [0.25, 0.3) is 6.08 Å². The molecular weight excluding hydrogens is 1610 g/mol. The van der Waals surface area contributed by atoms with Crippen LogP contribution >= 0.6 is 135 Å². The monoisotopic (exact) mass is 1670 g/mol. The molecule has 0 aliphatic heterocycles. The van der Waals surface area contributed by atoms with Gasteiger partial charge in [0, 0.05) is 300 Å². The van der Waals surface area contributed by atoms with Gasteiger partial charge in [0.1, 0.15) is 17.5 Å². The van der Waals surface area contributed by atoms with Crippen LogP contribution in [0, 0.1) is 127 Å². The summed E-state index contributed by atoms with van der Waals surface area (Å²) >= 11 is 23.5. The van der Waals surface area contributed by atoms with Gasteiger partial charge in [0.05, 0.1) is 5.69 Å². The van der Waals surface area contributed by atoms with Gasteiger partial charge in [-0.2, -0.15) is 0 Å². The minimum atomic E-state index is 0. The molecule has 0 spiro atoms. The Kier molecular flexibility index (Phi) is 109. The number of nitrogens with zero attached hydrogens (tertiary/aromatic N) is 10. The van der Waals surface area contributed by atoms with Crippen molar-refractivity contribution in [1.29, 1.82) is 0 Å². The molecule has 10 nitrogen and oxygen atoms in total. The molecule has 0 atom stereocenters. The smallest absolute Gasteiger partial charge is 1.00 e. The minimum Gasteiger partial charge on any atom is -1.00 e. The van der Waals surface area contributed by atoms with E-state index >= 15 is 0 Å². The van der Waals surface area contributed by atoms with E-state index < -0.39 is 0 Å². The molecule has 63 heavy (non-hydrogen) atoms. The van der Waals surface area contributed by atoms with E-state index in [1.165, 1.54) is 18.5 Å². The van der Waals surface area contributed by atoms with Crippen molar-refractivity contribution in [3.63, 3.8) is 0 Å². The van der Waals surface area contributed by atoms with Crippen LogP contribution in [0.15, 0.2) is 73.6 Å². The Morgan fingerprint density at radius 2 is 0.952 bits per heavy atom. The van der Waals surface area contributed by atoms with Crippen molar-refractivity contribution in [3.8, 4) is 0 Å². The topological polar surface area (TPSA) is 129 Å². The van der Waals surface area contributed by atoms with Gasteiger partial charge < -0.3 is 1.43 Å². The average molecular weight is 1680 g/mol. The summed E-state index contributed by atoms with van der Waals surface area (Å²) in [5, 5.41) is 0.604. The van der Waals surface area contributed by atoms with Crippen molar-refractivity contribution in [3.05, 3.63) is 124 Å². The minimum absolute atomic E-state index is 0. The molecule has 5 rings (SSSR count). The maximum absolute atomic E-state index is 5.42. The fourth-order valence-electron chi connectivity index (χ4n) is 3.40. The van der Waals surface area contributed by atoms with Crippen LogP contribution in [0.4, 0.5) is 0 Å². The quantitative estimate of drug-likeness (QED) is 0.0841. The molecule has 5 aromatic heterocycles. The van der Waals surface area contributed by atoms with E-state index in [4.69, 9.17) is 23.2 Å². The summed E-state index contributed by atoms with van der Waals surface area (Å²) in [5.74, 6) is 2.80. The first-order valence-corrected chi connectivity index (χ1v) is 38.2. The van der Waals surface area contributed by atoms with Gasteiger partial charge >= 0.3 is 29.6 Å². The SMILES string of the molecule is C.CC.CC.CC/C=C/c1ccnc(CC)n1.CCCCc1ccnc(CC)n1.CCc1nccc(C)n1.Cc1ccnc(Cl)n1.Clc1ncccn1.II.II.II.[Ar].[Ar].[Ar].[H-].[HH].[Na+]. The maximum atomic E-state index is 5.42. The molecular formula is C41H67Ar3Cl2I6N10Na. The summed E-state index contributed by atoms with van der Waals surface area (Å²) in [4.78, 5) is 40.0. The molecule has 0 amide bonds. The first-order chi connectivity index (χ1) is 28.2. The van der Waals surface area contributed by atoms with Gasteiger partial charge in [0.15, 0.2) is 0 Å². The molecule has 0 bridgehead atoms. The van der Waals surface area contributed by atoms with Crippen molar-refractivity contribution < 1.29 is 146 Å². The van der Waals surface area contributed by atoms with Crippen molar-refractivity contribution in [2.45, 2.75) is 129 Å². The van der Waals surface area contributed by atoms with Gasteiger partial charge in [-0.25, -0.2) is 49.8 Å². The summed E-state index contributed by atoms with van der Waals surface area (Å²) in [6.07, 6.45) is 21.7. The summed E-state index contributed by atoms with van der Waals surface area (Å²) in [5.41, 5.74) is 4.12. The second-order valence-electron chi connectivity index (χ2n) is 9.94. The van der Waals surface area contributed by atoms with Crippen molar-refractivity contribution in [2.75, 3.05) is 0 Å². The van der Waals surface area contributed by atoms with E-state index in [9.17, 15) is 0 Å². The third-order valence-corrected chi connectivity index (χ3v) is 6.27. The Hall–Kier alpha value is 4.88. The average Bonchev–Trinajstić information content (AvgIpc) is 3.29. The van der Waals surface area contributed by atoms with E-state index in [1.807, 2.05) is 72.0 Å². The van der Waals surface area contributed by atoms with Crippen molar-refractivity contribution in [2.24, 2.45) is 0 Å². The van der Waals surface area contributed by atoms with E-state index in [0.717, 1.165) is 66.7 Å². The zero-order valence-electron chi connectivity index (χ0n) is 38.5. The fraction of sp³-hybridized carbons (Fsp3) is 0.463. The Bertz CT molecular complexity index is 1620. The third kappa shape index (κ3) is 62.9. The molecule has 0 aliphatic carbocycles. The standard InChI is InChI=1S/C10H16N2.C10H14N2.C7H10N2.C5H5ClN2.C4H3ClN2.2C2H6.CH4.3Ar.3I2.Na.H2.H/c2*1-3-5-6-9-7-8-11-10(4-2)12-9;1-3-7-8-5-4-6(2)9-7;1-4-2-3-7-5(6)8-4;5-4-6-2-1-3-7-4;2*1-2;;;;;3*1-2;;;/h7-8H,3-6H2,1-2H3;5-8H,3-4H2,1-2H3;4-5H,3H2,1-2H3;2-3H,1H3;1-3H;2*1-2H3;1H4;;;;;;;;1H;/q;;;;;;;;;;;;;;+1;;-1/b;6-5+;;;;;;;;;;;;;;;. The van der Waals surface area contributed by atoms with Gasteiger partial charge in [-0.05, 0) is 92.7 Å². The number of unbranched alkanes of at least 4 members (excludes halogenated alkanes) is 1. The van der Waals surface area contributed by atoms with Gasteiger partial charge in [-0.3, -0.25) is 0 Å². The van der Waals surface area contributed by atoms with Crippen LogP contribution in [0.3, 0.4) is 0 Å². The summed E-state index contributed by atoms with van der Waals surface area (Å²) in [6.45, 7) is 22.3. The summed E-state index contributed by atoms with van der Waals surface area (Å²) in [7, 11) is 0. The fourth-order valence-corrected chi connectivity index (χ4v) is 3.70. The zero-order chi connectivity index (χ0) is 45.4. The first kappa shape index (κ1) is 90.6. The summed E-state index contributed by atoms with van der Waals surface area (Å²) < 4.78 is 0. The molecule has 0 unspecified atom stereocenters. The van der Waals surface area contributed by atoms with Gasteiger partial charge in [-0.15, -0.1) is 0 Å². The number of rotatable bonds is 8. The largest absolute Gasteiger partial charge is 1.00 e. The van der Waals surface area contributed by atoms with E-state index in [1.54, 1.807) is 43.1 Å². The predicted octanol–water partition coefficient (Wildman–Crippen LogP) is 14.1. The van der Waals surface area contributed by atoms with Gasteiger partial charge in [0.25, 0.3) is 0 Å². The van der Waals surface area contributed by atoms with Crippen LogP contribution in [-0.2, 0) is 25.7 Å². The van der Waals surface area contributed by atoms with Gasteiger partial charge in [-0.1, -0.05) is 82.2 Å². The molecule has 0 aromatic carbocycles. The predicted molar refractivity (Wildman–Crippen MR) is 312 cm³/mol. The molecule has 0 aliphatic rings. The molecule has 0 N–H and O–H groups in total. The third-order valence-electron chi connectivity index (χ3n) is 5.89. The number of aryl methyl sites for hydroxylation is 6. The molecule has 0 radical (unpaired) electrons. The van der Waals surface area contributed by atoms with E-state index in [0.29, 0.717) is 10.6 Å². The summed E-state index contributed by atoms with van der Waals surface area (Å²) in [6, 6.07) is 9.34. The number of allylic oxidation sites excluding steroid dienone is 1. The molecule has 5 aromatic rings. The zero-order valence-corrected chi connectivity index (χ0v) is 56.1. The number of halogens is 8.